The normalized spacial score (nSPS) is 26.9. The molecule has 3 aliphatic rings. The highest BCUT2D eigenvalue weighted by atomic mass is 127. The molecule has 0 aromatic heterocycles. The Morgan fingerprint density at radius 1 is 0.966 bits per heavy atom. The molecule has 314 valence electrons. The number of fused-ring (bicyclic) bond motifs is 2. The molecule has 3 aliphatic heterocycles. The molecule has 3 saturated heterocycles. The number of amides is 7. The smallest absolute Gasteiger partial charge is 0.329 e. The summed E-state index contributed by atoms with van der Waals surface area (Å²) in [6.07, 6.45) is -2.59. The van der Waals surface area contributed by atoms with Gasteiger partial charge in [-0.3, -0.25) is 24.0 Å². The molecule has 0 bridgehead atoms. The van der Waals surface area contributed by atoms with Crippen LogP contribution in [0.5, 0.6) is 0 Å². The fourth-order valence-corrected chi connectivity index (χ4v) is 8.03. The van der Waals surface area contributed by atoms with Gasteiger partial charge in [0, 0.05) is 41.9 Å². The molecule has 3 fully saturated rings. The second kappa shape index (κ2) is 18.8. The van der Waals surface area contributed by atoms with E-state index < -0.39 is 108 Å². The number of nitrogens with one attached hydrogen (secondary N) is 4. The highest BCUT2D eigenvalue weighted by molar-refractivity contribution is 14.1. The first-order valence-electron chi connectivity index (χ1n) is 19.0. The number of anilines is 1. The van der Waals surface area contributed by atoms with Crippen molar-refractivity contribution >= 4 is 69.8 Å². The molecule has 2 aromatic rings. The summed E-state index contributed by atoms with van der Waals surface area (Å²) in [4.78, 5) is 101. The lowest BCUT2D eigenvalue weighted by Crippen LogP contribution is -2.63. The Hall–Kier alpha value is -4.92. The lowest BCUT2D eigenvalue weighted by atomic mass is 10.0. The van der Waals surface area contributed by atoms with Crippen molar-refractivity contribution in [2.75, 3.05) is 25.5 Å². The number of aliphatic hydroxyl groups excluding tert-OH is 1. The lowest BCUT2D eigenvalue weighted by molar-refractivity contribution is -0.163. The number of benzene rings is 2. The summed E-state index contributed by atoms with van der Waals surface area (Å²) in [7, 11) is 1.30. The maximum Gasteiger partial charge on any atom is 0.329 e. The Balaban J connectivity index is 1.51. The lowest BCUT2D eigenvalue weighted by Gasteiger charge is -2.37. The summed E-state index contributed by atoms with van der Waals surface area (Å²) in [6.45, 7) is 6.07. The molecule has 16 nitrogen and oxygen atoms in total. The van der Waals surface area contributed by atoms with Crippen LogP contribution in [0.2, 0.25) is 0 Å². The fourth-order valence-electron chi connectivity index (χ4n) is 7.67. The number of halogens is 3. The van der Waals surface area contributed by atoms with Crippen molar-refractivity contribution in [3.05, 3.63) is 63.2 Å². The molecule has 2 aromatic carbocycles. The van der Waals surface area contributed by atoms with E-state index in [2.05, 4.69) is 43.9 Å². The molecule has 0 saturated carbocycles. The minimum atomic E-state index is -1.69. The molecule has 0 radical (unpaired) electrons. The summed E-state index contributed by atoms with van der Waals surface area (Å²) in [6, 6.07) is 0.282. The van der Waals surface area contributed by atoms with Gasteiger partial charge in [-0.2, -0.15) is 0 Å². The predicted octanol–water partition coefficient (Wildman–Crippen LogP) is 1.67. The Kier molecular flexibility index (Phi) is 14.3. The number of hydrogen-bond donors (Lipinski definition) is 5. The maximum absolute atomic E-state index is 14.6. The second-order valence-corrected chi connectivity index (χ2v) is 16.4. The number of nitrogens with zero attached hydrogens (tertiary/aromatic N) is 3. The minimum absolute atomic E-state index is 0.00436. The van der Waals surface area contributed by atoms with Crippen molar-refractivity contribution in [2.24, 2.45) is 5.92 Å². The largest absolute Gasteiger partial charge is 0.458 e. The number of ether oxygens (including phenoxy) is 1. The van der Waals surface area contributed by atoms with Crippen molar-refractivity contribution in [3.8, 4) is 0 Å². The number of aliphatic hydroxyl groups is 1. The van der Waals surface area contributed by atoms with Crippen LogP contribution in [0.3, 0.4) is 0 Å². The minimum Gasteiger partial charge on any atom is -0.458 e. The zero-order chi connectivity index (χ0) is 42.6. The van der Waals surface area contributed by atoms with Crippen LogP contribution in [0.15, 0.2) is 42.5 Å². The topological polar surface area (TPSA) is 207 Å². The first kappa shape index (κ1) is 44.2. The summed E-state index contributed by atoms with van der Waals surface area (Å²) >= 11 is 2.08. The molecule has 9 atom stereocenters. The van der Waals surface area contributed by atoms with E-state index >= 15 is 0 Å². The van der Waals surface area contributed by atoms with Crippen LogP contribution in [0.1, 0.15) is 52.5 Å². The van der Waals surface area contributed by atoms with E-state index in [1.165, 1.54) is 37.6 Å². The number of rotatable bonds is 7. The van der Waals surface area contributed by atoms with Gasteiger partial charge < -0.3 is 45.8 Å². The first-order chi connectivity index (χ1) is 27.3. The summed E-state index contributed by atoms with van der Waals surface area (Å²) < 4.78 is 35.3. The van der Waals surface area contributed by atoms with Crippen molar-refractivity contribution in [1.82, 2.24) is 30.7 Å². The third-order valence-corrected chi connectivity index (χ3v) is 11.2. The number of carbonyl (C=O) groups is 7. The molecule has 5 rings (SSSR count). The summed E-state index contributed by atoms with van der Waals surface area (Å²) in [5.41, 5.74) is 0.366. The SMILES string of the molecule is C[C@H]1C[C@H]2C(=O)O[C@@H](C)[C@H](NC(=O)[C@H](Cc3cc(F)cc(F)c3)NC(=O)Nc3ccc(I)cc3)C(=O)N3CCC[C@H]3C(=O)N(C)[C@@H]([C@@H](C)O)C(=O)N[C@@H](C)C(=O)N2C1. The van der Waals surface area contributed by atoms with Crippen molar-refractivity contribution in [1.29, 1.82) is 0 Å². The van der Waals surface area contributed by atoms with E-state index in [1.54, 1.807) is 24.3 Å². The van der Waals surface area contributed by atoms with Crippen LogP contribution < -0.4 is 21.3 Å². The van der Waals surface area contributed by atoms with Gasteiger partial charge >= 0.3 is 12.0 Å². The van der Waals surface area contributed by atoms with E-state index in [0.717, 1.165) is 20.6 Å². The Morgan fingerprint density at radius 2 is 1.62 bits per heavy atom. The monoisotopic (exact) mass is 923 g/mol. The van der Waals surface area contributed by atoms with Crippen LogP contribution in [0, 0.1) is 21.1 Å². The first-order valence-corrected chi connectivity index (χ1v) is 20.1. The van der Waals surface area contributed by atoms with Gasteiger partial charge in [-0.25, -0.2) is 18.4 Å². The molecule has 58 heavy (non-hydrogen) atoms. The van der Waals surface area contributed by atoms with Crippen molar-refractivity contribution in [2.45, 2.75) is 102 Å². The van der Waals surface area contributed by atoms with Gasteiger partial charge in [0.1, 0.15) is 54.0 Å². The van der Waals surface area contributed by atoms with Crippen LogP contribution >= 0.6 is 22.6 Å². The number of hydrogen-bond acceptors (Lipinski definition) is 9. The van der Waals surface area contributed by atoms with Gasteiger partial charge in [-0.1, -0.05) is 6.92 Å². The van der Waals surface area contributed by atoms with Crippen LogP contribution in [0.4, 0.5) is 19.3 Å². The summed E-state index contributed by atoms with van der Waals surface area (Å²) in [5, 5.41) is 20.9. The van der Waals surface area contributed by atoms with Gasteiger partial charge in [0.2, 0.25) is 29.5 Å². The molecular formula is C39H48F2IN7O9. The highest BCUT2D eigenvalue weighted by Crippen LogP contribution is 2.27. The Labute approximate surface area is 347 Å². The number of esters is 1. The number of urea groups is 1. The van der Waals surface area contributed by atoms with E-state index in [4.69, 9.17) is 4.74 Å². The van der Waals surface area contributed by atoms with Crippen molar-refractivity contribution < 1.29 is 52.2 Å². The highest BCUT2D eigenvalue weighted by Gasteiger charge is 2.47. The van der Waals surface area contributed by atoms with Gasteiger partial charge in [0.25, 0.3) is 0 Å². The Morgan fingerprint density at radius 3 is 2.26 bits per heavy atom. The Bertz CT molecular complexity index is 1900. The maximum atomic E-state index is 14.6. The van der Waals surface area contributed by atoms with Crippen LogP contribution in [-0.2, 0) is 39.9 Å². The summed E-state index contributed by atoms with van der Waals surface area (Å²) in [5.74, 6) is -6.91. The third-order valence-electron chi connectivity index (χ3n) is 10.5. The van der Waals surface area contributed by atoms with Gasteiger partial charge in [0.05, 0.1) is 6.10 Å². The van der Waals surface area contributed by atoms with E-state index in [9.17, 15) is 47.4 Å². The molecule has 19 heteroatoms. The zero-order valence-electron chi connectivity index (χ0n) is 32.7. The van der Waals surface area contributed by atoms with Crippen molar-refractivity contribution in [3.63, 3.8) is 0 Å². The molecule has 5 N–H and O–H groups in total. The average molecular weight is 924 g/mol. The van der Waals surface area contributed by atoms with E-state index in [-0.39, 0.29) is 37.4 Å². The van der Waals surface area contributed by atoms with Gasteiger partial charge in [-0.15, -0.1) is 0 Å². The standard InChI is InChI=1S/C39H48F2IN7O9/c1-19-13-30-38(56)58-22(4)31(46-33(51)28(16-23-14-24(40)17-25(41)15-23)45-39(57)44-27-10-8-26(42)9-11-27)37(55)48-12-6-7-29(48)36(54)47(5)32(21(3)50)34(52)43-20(2)35(53)49(30)18-19/h8-11,14-15,17,19-22,28-32,50H,6-7,12-13,16,18H2,1-5H3,(H,43,52)(H,46,51)(H2,44,45,57)/t19-,20-,21+,22-,28-,29-,30-,31-,32-/m0/s1. The van der Waals surface area contributed by atoms with Crippen LogP contribution in [0.25, 0.3) is 0 Å². The predicted molar refractivity (Wildman–Crippen MR) is 213 cm³/mol. The molecule has 0 unspecified atom stereocenters. The average Bonchev–Trinajstić information content (AvgIpc) is 3.80. The zero-order valence-corrected chi connectivity index (χ0v) is 34.8. The molecule has 0 aliphatic carbocycles. The second-order valence-electron chi connectivity index (χ2n) is 15.2. The quantitative estimate of drug-likeness (QED) is 0.202. The fraction of sp³-hybridized carbons (Fsp3) is 0.513. The number of carbonyl (C=O) groups excluding carboxylic acids is 7. The van der Waals surface area contributed by atoms with Gasteiger partial charge in [0.15, 0.2) is 0 Å². The molecule has 7 amide bonds. The van der Waals surface area contributed by atoms with E-state index in [1.807, 2.05) is 6.92 Å². The molecular weight excluding hydrogens is 875 g/mol. The van der Waals surface area contributed by atoms with Gasteiger partial charge in [-0.05, 0) is 111 Å². The third kappa shape index (κ3) is 10.4. The number of cyclic esters (lactones) is 1. The molecule has 0 spiro atoms. The van der Waals surface area contributed by atoms with E-state index in [0.29, 0.717) is 18.2 Å². The molecule has 3 heterocycles. The van der Waals surface area contributed by atoms with Crippen LogP contribution in [-0.4, -0.2) is 130 Å². The number of likely N-dealkylation sites (N-methyl/N-ethyl adjacent to an activating group) is 1.